The number of aryl methyl sites for hydroxylation is 1. The van der Waals surface area contributed by atoms with Crippen LogP contribution in [0.5, 0.6) is 0 Å². The summed E-state index contributed by atoms with van der Waals surface area (Å²) >= 11 is 0. The number of rotatable bonds is 5. The van der Waals surface area contributed by atoms with Gasteiger partial charge in [-0.25, -0.2) is 0 Å². The van der Waals surface area contributed by atoms with Gasteiger partial charge in [-0.05, 0) is 56.4 Å². The predicted molar refractivity (Wildman–Crippen MR) is 119 cm³/mol. The van der Waals surface area contributed by atoms with Crippen LogP contribution in [0.3, 0.4) is 0 Å². The highest BCUT2D eigenvalue weighted by molar-refractivity contribution is 6.10. The summed E-state index contributed by atoms with van der Waals surface area (Å²) in [6.45, 7) is 4.28. The molecule has 2 saturated heterocycles. The summed E-state index contributed by atoms with van der Waals surface area (Å²) in [4.78, 5) is 41.6. The summed E-state index contributed by atoms with van der Waals surface area (Å²) in [7, 11) is 2.05. The number of hydrogen-bond acceptors (Lipinski definition) is 4. The number of piperazine rings is 1. The number of hydrogen-bond donors (Lipinski definition) is 1. The van der Waals surface area contributed by atoms with Gasteiger partial charge in [0.05, 0.1) is 6.42 Å². The van der Waals surface area contributed by atoms with E-state index in [1.54, 1.807) is 0 Å². The molecule has 0 bridgehead atoms. The zero-order valence-corrected chi connectivity index (χ0v) is 18.3. The van der Waals surface area contributed by atoms with Gasteiger partial charge in [0, 0.05) is 61.9 Å². The molecule has 7 heteroatoms. The monoisotopic (exact) mass is 422 g/mol. The molecule has 164 valence electrons. The fraction of sp³-hybridized carbons (Fsp3) is 0.542. The second-order valence-electron chi connectivity index (χ2n) is 9.45. The number of Topliss-reactive ketones (excluding diaryl/α,β-unsaturated/α-hetero) is 1. The largest absolute Gasteiger partial charge is 0.365 e. The van der Waals surface area contributed by atoms with Crippen LogP contribution < -0.4 is 10.2 Å². The zero-order chi connectivity index (χ0) is 21.8. The maximum atomic E-state index is 13.0. The molecular weight excluding hydrogens is 392 g/mol. The van der Waals surface area contributed by atoms with E-state index in [4.69, 9.17) is 0 Å². The van der Waals surface area contributed by atoms with Crippen molar-refractivity contribution in [3.8, 4) is 0 Å². The fourth-order valence-corrected chi connectivity index (χ4v) is 5.46. The maximum absolute atomic E-state index is 13.0. The Labute approximate surface area is 182 Å². The first kappa shape index (κ1) is 20.1. The molecule has 1 unspecified atom stereocenters. The maximum Gasteiger partial charge on any atom is 0.228 e. The quantitative estimate of drug-likeness (QED) is 0.750. The van der Waals surface area contributed by atoms with Gasteiger partial charge in [0.2, 0.25) is 11.8 Å². The number of carbonyl (C=O) groups is 3. The summed E-state index contributed by atoms with van der Waals surface area (Å²) in [5.74, 6) is 0.0752. The van der Waals surface area contributed by atoms with Gasteiger partial charge >= 0.3 is 0 Å². The number of benzene rings is 1. The minimum absolute atomic E-state index is 0.0257. The first-order valence-corrected chi connectivity index (χ1v) is 11.3. The Bertz CT molecular complexity index is 1060. The van der Waals surface area contributed by atoms with E-state index in [0.29, 0.717) is 25.9 Å². The van der Waals surface area contributed by atoms with Crippen molar-refractivity contribution in [3.05, 3.63) is 30.5 Å². The lowest BCUT2D eigenvalue weighted by Crippen LogP contribution is -2.54. The number of aromatic nitrogens is 1. The lowest BCUT2D eigenvalue weighted by Gasteiger charge is -2.41. The van der Waals surface area contributed by atoms with Crippen molar-refractivity contribution < 1.29 is 14.4 Å². The lowest BCUT2D eigenvalue weighted by molar-refractivity contribution is -0.133. The number of carbonyl (C=O) groups excluding carboxylic acids is 3. The second kappa shape index (κ2) is 7.39. The predicted octanol–water partition coefficient (Wildman–Crippen LogP) is 2.23. The van der Waals surface area contributed by atoms with Crippen LogP contribution in [0.1, 0.15) is 39.0 Å². The molecule has 0 spiro atoms. The molecule has 0 radical (unpaired) electrons. The Hall–Kier alpha value is -2.83. The summed E-state index contributed by atoms with van der Waals surface area (Å²) in [5, 5.41) is 4.14. The third kappa shape index (κ3) is 3.50. The van der Waals surface area contributed by atoms with Crippen molar-refractivity contribution in [2.75, 3.05) is 24.5 Å². The van der Waals surface area contributed by atoms with Crippen LogP contribution in [0, 0.1) is 5.92 Å². The highest BCUT2D eigenvalue weighted by Gasteiger charge is 2.55. The van der Waals surface area contributed by atoms with Gasteiger partial charge in [0.1, 0.15) is 5.54 Å². The van der Waals surface area contributed by atoms with E-state index in [9.17, 15) is 14.4 Å². The molecule has 1 N–H and O–H groups in total. The summed E-state index contributed by atoms with van der Waals surface area (Å²) in [5.41, 5.74) is 1.61. The molecule has 3 aliphatic rings. The first-order valence-electron chi connectivity index (χ1n) is 11.3. The highest BCUT2D eigenvalue weighted by atomic mass is 16.2. The summed E-state index contributed by atoms with van der Waals surface area (Å²) < 4.78 is 2.12. The van der Waals surface area contributed by atoms with Gasteiger partial charge in [-0.1, -0.05) is 0 Å². The second-order valence-corrected chi connectivity index (χ2v) is 9.45. The molecule has 1 aromatic heterocycles. The first-order chi connectivity index (χ1) is 14.9. The Balaban J connectivity index is 1.22. The van der Waals surface area contributed by atoms with Gasteiger partial charge in [0.15, 0.2) is 5.78 Å². The SMILES string of the molecule is C[C@H]1CN(C(=O)CCC2(C3CC3)NC(=O)CC2=O)CCN1c1ccc2c(ccn2C)c1. The molecule has 3 fully saturated rings. The topological polar surface area (TPSA) is 74.7 Å². The number of fused-ring (bicyclic) bond motifs is 1. The van der Waals surface area contributed by atoms with Crippen LogP contribution in [0.4, 0.5) is 5.69 Å². The average molecular weight is 423 g/mol. The number of nitrogens with one attached hydrogen (secondary N) is 1. The molecule has 5 rings (SSSR count). The van der Waals surface area contributed by atoms with Crippen LogP contribution in [-0.2, 0) is 21.4 Å². The van der Waals surface area contributed by atoms with Crippen LogP contribution in [0.25, 0.3) is 10.9 Å². The van der Waals surface area contributed by atoms with E-state index in [2.05, 4.69) is 52.2 Å². The van der Waals surface area contributed by atoms with Crippen molar-refractivity contribution in [2.45, 2.75) is 50.6 Å². The Kier molecular flexibility index (Phi) is 4.79. The number of anilines is 1. The summed E-state index contributed by atoms with van der Waals surface area (Å²) in [6.07, 6.45) is 4.70. The smallest absolute Gasteiger partial charge is 0.228 e. The molecular formula is C24H30N4O3. The minimum atomic E-state index is -0.786. The number of nitrogens with zero attached hydrogens (tertiary/aromatic N) is 3. The molecule has 2 aromatic rings. The van der Waals surface area contributed by atoms with E-state index < -0.39 is 5.54 Å². The van der Waals surface area contributed by atoms with Crippen LogP contribution in [0.15, 0.2) is 30.5 Å². The third-order valence-electron chi connectivity index (χ3n) is 7.37. The Morgan fingerprint density at radius 2 is 2.00 bits per heavy atom. The minimum Gasteiger partial charge on any atom is -0.365 e. The van der Waals surface area contributed by atoms with E-state index in [1.807, 2.05) is 11.9 Å². The number of amides is 2. The molecule has 2 amide bonds. The van der Waals surface area contributed by atoms with Crippen molar-refractivity contribution in [1.82, 2.24) is 14.8 Å². The molecule has 2 atom stereocenters. The Morgan fingerprint density at radius 1 is 1.19 bits per heavy atom. The fourth-order valence-electron chi connectivity index (χ4n) is 5.46. The lowest BCUT2D eigenvalue weighted by atomic mass is 9.85. The van der Waals surface area contributed by atoms with E-state index in [-0.39, 0.29) is 36.0 Å². The van der Waals surface area contributed by atoms with Gasteiger partial charge in [-0.2, -0.15) is 0 Å². The van der Waals surface area contributed by atoms with Crippen LogP contribution in [-0.4, -0.2) is 58.3 Å². The Morgan fingerprint density at radius 3 is 2.68 bits per heavy atom. The third-order valence-corrected chi connectivity index (χ3v) is 7.37. The number of ketones is 1. The molecule has 2 aliphatic heterocycles. The molecule has 1 aromatic carbocycles. The molecule has 3 heterocycles. The van der Waals surface area contributed by atoms with Gasteiger partial charge in [-0.15, -0.1) is 0 Å². The van der Waals surface area contributed by atoms with E-state index in [1.165, 1.54) is 16.6 Å². The average Bonchev–Trinajstić information content (AvgIpc) is 3.48. The molecule has 7 nitrogen and oxygen atoms in total. The van der Waals surface area contributed by atoms with Crippen molar-refractivity contribution in [3.63, 3.8) is 0 Å². The zero-order valence-electron chi connectivity index (χ0n) is 18.3. The standard InChI is InChI=1S/C24H30N4O3/c1-16-15-27(11-12-28(16)19-5-6-20-17(13-19)8-10-26(20)2)23(31)7-9-24(18-3-4-18)21(29)14-22(30)25-24/h5-6,8,10,13,16,18H,3-4,7,9,11-12,14-15H2,1-2H3,(H,25,30)/t16-,24?/m0/s1. The molecule has 1 aliphatic carbocycles. The molecule has 31 heavy (non-hydrogen) atoms. The van der Waals surface area contributed by atoms with Crippen molar-refractivity contribution in [2.24, 2.45) is 13.0 Å². The van der Waals surface area contributed by atoms with Crippen molar-refractivity contribution >= 4 is 34.2 Å². The van der Waals surface area contributed by atoms with Crippen LogP contribution >= 0.6 is 0 Å². The molecule has 1 saturated carbocycles. The van der Waals surface area contributed by atoms with Gasteiger partial charge in [-0.3, -0.25) is 14.4 Å². The van der Waals surface area contributed by atoms with E-state index >= 15 is 0 Å². The van der Waals surface area contributed by atoms with Crippen LogP contribution in [0.2, 0.25) is 0 Å². The summed E-state index contributed by atoms with van der Waals surface area (Å²) in [6, 6.07) is 8.87. The van der Waals surface area contributed by atoms with E-state index in [0.717, 1.165) is 19.4 Å². The normalized spacial score (nSPS) is 26.6. The van der Waals surface area contributed by atoms with Gasteiger partial charge < -0.3 is 19.7 Å². The van der Waals surface area contributed by atoms with Crippen molar-refractivity contribution in [1.29, 1.82) is 0 Å². The van der Waals surface area contributed by atoms with Gasteiger partial charge in [0.25, 0.3) is 0 Å². The highest BCUT2D eigenvalue weighted by Crippen LogP contribution is 2.45.